The number of nitrogens with zero attached hydrogens (tertiary/aromatic N) is 5. The van der Waals surface area contributed by atoms with Crippen LogP contribution in [0.4, 0.5) is 0 Å². The summed E-state index contributed by atoms with van der Waals surface area (Å²) in [5.74, 6) is 0.722. The monoisotopic (exact) mass is 329 g/mol. The number of rotatable bonds is 5. The molecule has 0 amide bonds. The molecule has 126 valence electrons. The zero-order valence-electron chi connectivity index (χ0n) is 15.3. The lowest BCUT2D eigenvalue weighted by molar-refractivity contribution is 0.302. The molecule has 1 aromatic carbocycles. The van der Waals surface area contributed by atoms with E-state index in [1.54, 1.807) is 25.2 Å². The van der Waals surface area contributed by atoms with Gasteiger partial charge in [0.2, 0.25) is 0 Å². The Morgan fingerprint density at radius 3 is 2.71 bits per heavy atom. The lowest BCUT2D eigenvalue weighted by Crippen LogP contribution is -2.22. The van der Waals surface area contributed by atoms with Crippen LogP contribution in [0.5, 0.6) is 5.75 Å². The molecule has 3 aromatic rings. The van der Waals surface area contributed by atoms with Gasteiger partial charge in [-0.15, -0.1) is 0 Å². The van der Waals surface area contributed by atoms with Crippen LogP contribution in [0.3, 0.4) is 0 Å². The summed E-state index contributed by atoms with van der Waals surface area (Å²) in [6.07, 6.45) is 2.67. The normalized spacial score (nSPS) is 11.6. The van der Waals surface area contributed by atoms with Crippen molar-refractivity contribution in [2.24, 2.45) is 14.1 Å². The van der Waals surface area contributed by atoms with E-state index in [2.05, 4.69) is 17.4 Å². The second kappa shape index (κ2) is 6.35. The zero-order valence-corrected chi connectivity index (χ0v) is 14.3. The van der Waals surface area contributed by atoms with Crippen molar-refractivity contribution in [3.8, 4) is 11.4 Å². The molecule has 0 N–H and O–H groups in total. The quantitative estimate of drug-likeness (QED) is 0.715. The molecule has 0 radical (unpaired) electrons. The molecular weight excluding hydrogens is 306 g/mol. The third-order valence-electron chi connectivity index (χ3n) is 4.08. The number of hydrogen-bond acceptors (Lipinski definition) is 4. The summed E-state index contributed by atoms with van der Waals surface area (Å²) in [5, 5.41) is 7.73. The van der Waals surface area contributed by atoms with Crippen LogP contribution in [0, 0.1) is 6.92 Å². The van der Waals surface area contributed by atoms with Crippen LogP contribution in [-0.4, -0.2) is 24.4 Å². The first kappa shape index (κ1) is 14.7. The molecule has 0 aliphatic rings. The Labute approximate surface area is 141 Å². The average Bonchev–Trinajstić information content (AvgIpc) is 3.06. The topological polar surface area (TPSA) is 66.9 Å². The first-order chi connectivity index (χ1) is 11.9. The van der Waals surface area contributed by atoms with Crippen molar-refractivity contribution in [3.05, 3.63) is 57.7 Å². The van der Waals surface area contributed by atoms with E-state index in [0.29, 0.717) is 18.3 Å². The number of tetrazole rings is 1. The number of aryl methyl sites for hydroxylation is 3. The van der Waals surface area contributed by atoms with E-state index in [1.807, 2.05) is 24.7 Å². The zero-order chi connectivity index (χ0) is 18.1. The summed E-state index contributed by atoms with van der Waals surface area (Å²) >= 11 is 0. The minimum absolute atomic E-state index is 0.302. The Morgan fingerprint density at radius 1 is 1.29 bits per heavy atom. The first-order valence-electron chi connectivity index (χ1n) is 8.28. The lowest BCUT2D eigenvalue weighted by atomic mass is 10.2. The minimum Gasteiger partial charge on any atom is -0.488 e. The molecule has 0 fully saturated rings. The number of benzene rings is 1. The van der Waals surface area contributed by atoms with Gasteiger partial charge in [-0.25, -0.2) is 4.79 Å². The molecule has 2 heterocycles. The molecule has 0 aliphatic heterocycles. The van der Waals surface area contributed by atoms with Crippen molar-refractivity contribution in [2.75, 3.05) is 0 Å². The summed E-state index contributed by atoms with van der Waals surface area (Å²) < 4.78 is 18.1. The molecule has 0 atom stereocenters. The molecule has 0 unspecified atom stereocenters. The van der Waals surface area contributed by atoms with Crippen LogP contribution in [-0.2, 0) is 27.1 Å². The number of hydrogen-bond donors (Lipinski definition) is 0. The van der Waals surface area contributed by atoms with Crippen LogP contribution in [0.1, 0.15) is 25.1 Å². The van der Waals surface area contributed by atoms with E-state index in [1.165, 1.54) is 9.36 Å². The van der Waals surface area contributed by atoms with Crippen LogP contribution >= 0.6 is 0 Å². The molecular formula is C17H21N5O2. The standard InChI is InChI=1S/C17H21N5O2/c1-5-14-13(11-24-16-9-7-6-8-12(16)2)15(10-20(14)3)22-17(23)21(4)18-19-22/h6-10H,5,11H2,1-4H3/i6T. The fourth-order valence-corrected chi connectivity index (χ4v) is 2.78. The van der Waals surface area contributed by atoms with Gasteiger partial charge in [-0.2, -0.15) is 9.36 Å². The van der Waals surface area contributed by atoms with E-state index >= 15 is 0 Å². The summed E-state index contributed by atoms with van der Waals surface area (Å²) in [6, 6.07) is 5.70. The SMILES string of the molecule is [3H]c1ccc(OCc2c(-n3nnn(C)c3=O)cn(C)c2CC)c(C)c1. The van der Waals surface area contributed by atoms with Crippen molar-refractivity contribution < 1.29 is 6.11 Å². The third-order valence-corrected chi connectivity index (χ3v) is 4.08. The Kier molecular flexibility index (Phi) is 3.90. The Morgan fingerprint density at radius 2 is 2.08 bits per heavy atom. The highest BCUT2D eigenvalue weighted by Crippen LogP contribution is 2.24. The van der Waals surface area contributed by atoms with Gasteiger partial charge in [0.15, 0.2) is 0 Å². The molecule has 7 nitrogen and oxygen atoms in total. The highest BCUT2D eigenvalue weighted by molar-refractivity contribution is 5.44. The number of ether oxygens (including phenoxy) is 1. The van der Waals surface area contributed by atoms with Gasteiger partial charge in [0.05, 0.1) is 7.06 Å². The second-order valence-corrected chi connectivity index (χ2v) is 5.68. The van der Waals surface area contributed by atoms with Crippen molar-refractivity contribution >= 4 is 0 Å². The van der Waals surface area contributed by atoms with Crippen LogP contribution in [0.25, 0.3) is 5.69 Å². The fourth-order valence-electron chi connectivity index (χ4n) is 2.78. The largest absolute Gasteiger partial charge is 0.488 e. The molecule has 0 saturated heterocycles. The Bertz CT molecular complexity index is 970. The molecule has 3 rings (SSSR count). The predicted molar refractivity (Wildman–Crippen MR) is 90.5 cm³/mol. The van der Waals surface area contributed by atoms with Gasteiger partial charge >= 0.3 is 5.69 Å². The van der Waals surface area contributed by atoms with Gasteiger partial charge in [-0.05, 0) is 35.4 Å². The van der Waals surface area contributed by atoms with Crippen LogP contribution < -0.4 is 10.4 Å². The van der Waals surface area contributed by atoms with Crippen molar-refractivity contribution in [2.45, 2.75) is 26.9 Å². The summed E-state index contributed by atoms with van der Waals surface area (Å²) in [4.78, 5) is 12.2. The molecule has 0 saturated carbocycles. The fraction of sp³-hybridized carbons (Fsp3) is 0.353. The highest BCUT2D eigenvalue weighted by atomic mass is 16.5. The Hall–Kier alpha value is -2.83. The first-order valence-corrected chi connectivity index (χ1v) is 7.78. The highest BCUT2D eigenvalue weighted by Gasteiger charge is 2.18. The van der Waals surface area contributed by atoms with Crippen molar-refractivity contribution in [1.29, 1.82) is 0 Å². The van der Waals surface area contributed by atoms with E-state index < -0.39 is 0 Å². The number of aromatic nitrogens is 5. The van der Waals surface area contributed by atoms with Gasteiger partial charge in [0.1, 0.15) is 12.4 Å². The maximum absolute atomic E-state index is 12.2. The van der Waals surface area contributed by atoms with Crippen LogP contribution in [0.2, 0.25) is 0 Å². The number of para-hydroxylation sites is 1. The van der Waals surface area contributed by atoms with Crippen molar-refractivity contribution in [3.63, 3.8) is 0 Å². The molecule has 0 aliphatic carbocycles. The predicted octanol–water partition coefficient (Wildman–Crippen LogP) is 1.75. The van der Waals surface area contributed by atoms with Gasteiger partial charge in [0, 0.05) is 31.5 Å². The van der Waals surface area contributed by atoms with Gasteiger partial charge in [0.25, 0.3) is 0 Å². The lowest BCUT2D eigenvalue weighted by Gasteiger charge is -2.11. The maximum Gasteiger partial charge on any atom is 0.368 e. The van der Waals surface area contributed by atoms with Crippen molar-refractivity contribution in [1.82, 2.24) is 24.4 Å². The van der Waals surface area contributed by atoms with Gasteiger partial charge in [-0.1, -0.05) is 25.1 Å². The second-order valence-electron chi connectivity index (χ2n) is 5.68. The molecule has 0 bridgehead atoms. The molecule has 7 heteroatoms. The third kappa shape index (κ3) is 2.73. The Balaban J connectivity index is 2.00. The van der Waals surface area contributed by atoms with E-state index in [-0.39, 0.29) is 5.69 Å². The van der Waals surface area contributed by atoms with E-state index in [9.17, 15) is 4.79 Å². The summed E-state index contributed by atoms with van der Waals surface area (Å²) in [6.45, 7) is 4.27. The summed E-state index contributed by atoms with van der Waals surface area (Å²) in [5.41, 5.74) is 3.25. The van der Waals surface area contributed by atoms with Crippen LogP contribution in [0.15, 0.2) is 35.2 Å². The summed E-state index contributed by atoms with van der Waals surface area (Å²) in [7, 11) is 3.50. The smallest absolute Gasteiger partial charge is 0.368 e. The van der Waals surface area contributed by atoms with E-state index in [4.69, 9.17) is 6.11 Å². The average molecular weight is 329 g/mol. The maximum atomic E-state index is 12.2. The van der Waals surface area contributed by atoms with Gasteiger partial charge in [-0.3, -0.25) is 0 Å². The minimum atomic E-state index is -0.302. The molecule has 0 spiro atoms. The molecule has 24 heavy (non-hydrogen) atoms. The van der Waals surface area contributed by atoms with E-state index in [0.717, 1.165) is 29.0 Å². The van der Waals surface area contributed by atoms with Gasteiger partial charge < -0.3 is 9.30 Å². The molecule has 2 aromatic heterocycles.